The lowest BCUT2D eigenvalue weighted by Gasteiger charge is -2.12. The Morgan fingerprint density at radius 3 is 2.50 bits per heavy atom. The number of non-ortho nitro benzene ring substituents is 1. The highest BCUT2D eigenvalue weighted by Crippen LogP contribution is 2.34. The topological polar surface area (TPSA) is 80.5 Å². The Bertz CT molecular complexity index is 855. The van der Waals surface area contributed by atoms with Gasteiger partial charge in [0, 0.05) is 17.0 Å². The fraction of sp³-hybridized carbons (Fsp3) is 0.125. The molecule has 0 atom stereocenters. The van der Waals surface area contributed by atoms with Crippen LogP contribution in [0.5, 0.6) is 0 Å². The molecule has 2 heterocycles. The van der Waals surface area contributed by atoms with Crippen LogP contribution in [-0.2, 0) is 11.3 Å². The minimum atomic E-state index is -0.490. The van der Waals surface area contributed by atoms with Crippen molar-refractivity contribution in [1.29, 1.82) is 0 Å². The first kappa shape index (κ1) is 16.4. The Morgan fingerprint density at radius 1 is 1.21 bits per heavy atom. The smallest absolute Gasteiger partial charge is 0.268 e. The van der Waals surface area contributed by atoms with Gasteiger partial charge in [0.25, 0.3) is 16.8 Å². The van der Waals surface area contributed by atoms with E-state index in [4.69, 9.17) is 0 Å². The number of aryl methyl sites for hydroxylation is 1. The number of carbonyl (C=O) groups excluding carboxylic acids is 2. The normalized spacial score (nSPS) is 16.2. The number of imide groups is 1. The van der Waals surface area contributed by atoms with Crippen LogP contribution in [0.2, 0.25) is 0 Å². The van der Waals surface area contributed by atoms with E-state index in [9.17, 15) is 19.7 Å². The lowest BCUT2D eigenvalue weighted by atomic mass is 10.2. The van der Waals surface area contributed by atoms with Crippen molar-refractivity contribution in [2.24, 2.45) is 0 Å². The van der Waals surface area contributed by atoms with Crippen molar-refractivity contribution < 1.29 is 14.5 Å². The number of carbonyl (C=O) groups is 2. The number of hydrogen-bond donors (Lipinski definition) is 0. The van der Waals surface area contributed by atoms with Crippen LogP contribution >= 0.6 is 23.1 Å². The molecule has 0 N–H and O–H groups in total. The third-order valence-corrected chi connectivity index (χ3v) is 5.40. The van der Waals surface area contributed by atoms with Crippen LogP contribution in [0.4, 0.5) is 10.5 Å². The molecule has 122 valence electrons. The molecule has 0 spiro atoms. The minimum absolute atomic E-state index is 0.0269. The van der Waals surface area contributed by atoms with Gasteiger partial charge in [-0.05, 0) is 47.3 Å². The monoisotopic (exact) mass is 360 g/mol. The number of thiophene rings is 1. The summed E-state index contributed by atoms with van der Waals surface area (Å²) in [5.74, 6) is -0.337. The van der Waals surface area contributed by atoms with Gasteiger partial charge < -0.3 is 0 Å². The summed E-state index contributed by atoms with van der Waals surface area (Å²) >= 11 is 2.43. The first-order valence-electron chi connectivity index (χ1n) is 6.98. The number of hydrogen-bond acceptors (Lipinski definition) is 6. The summed E-state index contributed by atoms with van der Waals surface area (Å²) in [7, 11) is 0. The van der Waals surface area contributed by atoms with E-state index in [1.165, 1.54) is 23.5 Å². The van der Waals surface area contributed by atoms with E-state index in [2.05, 4.69) is 0 Å². The lowest BCUT2D eigenvalue weighted by molar-refractivity contribution is -0.384. The van der Waals surface area contributed by atoms with Gasteiger partial charge in [0.1, 0.15) is 0 Å². The molecule has 1 aromatic carbocycles. The molecule has 3 rings (SSSR count). The SMILES string of the molecule is Cc1ccsc1/C=C1\SC(=O)N(Cc2ccc([N+](=O)[O-])cc2)C1=O. The number of amides is 2. The third-order valence-electron chi connectivity index (χ3n) is 3.53. The summed E-state index contributed by atoms with van der Waals surface area (Å²) in [5, 5.41) is 12.3. The zero-order chi connectivity index (χ0) is 17.3. The van der Waals surface area contributed by atoms with Crippen molar-refractivity contribution in [1.82, 2.24) is 4.90 Å². The van der Waals surface area contributed by atoms with E-state index in [1.807, 2.05) is 18.4 Å². The predicted octanol–water partition coefficient (Wildman–Crippen LogP) is 4.20. The second-order valence-electron chi connectivity index (χ2n) is 5.16. The molecule has 2 amide bonds. The Morgan fingerprint density at radius 2 is 1.92 bits per heavy atom. The van der Waals surface area contributed by atoms with Crippen LogP contribution in [0.1, 0.15) is 16.0 Å². The average Bonchev–Trinajstić information content (AvgIpc) is 3.07. The maximum atomic E-state index is 12.4. The van der Waals surface area contributed by atoms with Crippen LogP contribution < -0.4 is 0 Å². The Hall–Kier alpha value is -2.45. The zero-order valence-corrected chi connectivity index (χ0v) is 14.2. The molecule has 1 aliphatic heterocycles. The predicted molar refractivity (Wildman–Crippen MR) is 93.7 cm³/mol. The molecule has 0 unspecified atom stereocenters. The number of benzene rings is 1. The summed E-state index contributed by atoms with van der Waals surface area (Å²) in [6.45, 7) is 2.05. The molecule has 1 aromatic heterocycles. The van der Waals surface area contributed by atoms with Crippen LogP contribution in [-0.4, -0.2) is 21.0 Å². The molecule has 1 saturated heterocycles. The van der Waals surface area contributed by atoms with Gasteiger partial charge in [-0.1, -0.05) is 12.1 Å². The molecule has 24 heavy (non-hydrogen) atoms. The van der Waals surface area contributed by atoms with Crippen molar-refractivity contribution >= 4 is 46.0 Å². The van der Waals surface area contributed by atoms with Gasteiger partial charge in [0.05, 0.1) is 16.4 Å². The van der Waals surface area contributed by atoms with Gasteiger partial charge in [0.2, 0.25) is 0 Å². The van der Waals surface area contributed by atoms with E-state index in [0.29, 0.717) is 10.5 Å². The number of thioether (sulfide) groups is 1. The van der Waals surface area contributed by atoms with Gasteiger partial charge in [-0.3, -0.25) is 24.6 Å². The van der Waals surface area contributed by atoms with Crippen molar-refractivity contribution in [3.8, 4) is 0 Å². The molecular formula is C16H12N2O4S2. The lowest BCUT2D eigenvalue weighted by Crippen LogP contribution is -2.27. The maximum absolute atomic E-state index is 12.4. The summed E-state index contributed by atoms with van der Waals surface area (Å²) in [6.07, 6.45) is 1.74. The molecule has 6 nitrogen and oxygen atoms in total. The first-order valence-corrected chi connectivity index (χ1v) is 8.68. The molecule has 1 aliphatic rings. The third kappa shape index (κ3) is 3.24. The minimum Gasteiger partial charge on any atom is -0.268 e. The number of nitro groups is 1. The number of rotatable bonds is 4. The summed E-state index contributed by atoms with van der Waals surface area (Å²) in [5.41, 5.74) is 1.69. The highest BCUT2D eigenvalue weighted by molar-refractivity contribution is 8.18. The van der Waals surface area contributed by atoms with Crippen molar-refractivity contribution in [2.45, 2.75) is 13.5 Å². The first-order chi connectivity index (χ1) is 11.5. The summed E-state index contributed by atoms with van der Waals surface area (Å²) < 4.78 is 0. The van der Waals surface area contributed by atoms with Crippen LogP contribution in [0.15, 0.2) is 40.6 Å². The largest absolute Gasteiger partial charge is 0.293 e. The Labute approximate surface area is 145 Å². The van der Waals surface area contributed by atoms with Gasteiger partial charge in [-0.25, -0.2) is 0 Å². The Kier molecular flexibility index (Phi) is 4.50. The van der Waals surface area contributed by atoms with Crippen molar-refractivity contribution in [2.75, 3.05) is 0 Å². The molecule has 0 bridgehead atoms. The summed E-state index contributed by atoms with van der Waals surface area (Å²) in [4.78, 5) is 37.2. The summed E-state index contributed by atoms with van der Waals surface area (Å²) in [6, 6.07) is 7.78. The van der Waals surface area contributed by atoms with E-state index in [-0.39, 0.29) is 23.4 Å². The van der Waals surface area contributed by atoms with E-state index in [1.54, 1.807) is 18.2 Å². The number of nitrogens with zero attached hydrogens (tertiary/aromatic N) is 2. The van der Waals surface area contributed by atoms with Crippen LogP contribution in [0, 0.1) is 17.0 Å². The van der Waals surface area contributed by atoms with Gasteiger partial charge >= 0.3 is 0 Å². The van der Waals surface area contributed by atoms with E-state index in [0.717, 1.165) is 27.1 Å². The fourth-order valence-corrected chi connectivity index (χ4v) is 3.95. The Balaban J connectivity index is 1.78. The number of nitro benzene ring substituents is 1. The highest BCUT2D eigenvalue weighted by atomic mass is 32.2. The maximum Gasteiger partial charge on any atom is 0.293 e. The highest BCUT2D eigenvalue weighted by Gasteiger charge is 2.35. The second kappa shape index (κ2) is 6.58. The molecule has 2 aromatic rings. The zero-order valence-electron chi connectivity index (χ0n) is 12.6. The van der Waals surface area contributed by atoms with Crippen molar-refractivity contribution in [3.05, 3.63) is 66.7 Å². The standard InChI is InChI=1S/C16H12N2O4S2/c1-10-6-7-23-13(10)8-14-15(19)17(16(20)24-14)9-11-2-4-12(5-3-11)18(21)22/h2-8H,9H2,1H3/b14-8-. The quantitative estimate of drug-likeness (QED) is 0.464. The van der Waals surface area contributed by atoms with Gasteiger partial charge in [0.15, 0.2) is 0 Å². The van der Waals surface area contributed by atoms with E-state index < -0.39 is 4.92 Å². The molecule has 0 radical (unpaired) electrons. The van der Waals surface area contributed by atoms with Crippen LogP contribution in [0.3, 0.4) is 0 Å². The second-order valence-corrected chi connectivity index (χ2v) is 7.10. The molecule has 0 saturated carbocycles. The van der Waals surface area contributed by atoms with Gasteiger partial charge in [-0.2, -0.15) is 0 Å². The van der Waals surface area contributed by atoms with Crippen molar-refractivity contribution in [3.63, 3.8) is 0 Å². The van der Waals surface area contributed by atoms with Gasteiger partial charge in [-0.15, -0.1) is 11.3 Å². The molecule has 0 aliphatic carbocycles. The molecule has 8 heteroatoms. The molecule has 1 fully saturated rings. The van der Waals surface area contributed by atoms with E-state index >= 15 is 0 Å². The fourth-order valence-electron chi connectivity index (χ4n) is 2.19. The van der Waals surface area contributed by atoms with Crippen LogP contribution in [0.25, 0.3) is 6.08 Å². The molecular weight excluding hydrogens is 348 g/mol. The average molecular weight is 360 g/mol.